The highest BCUT2D eigenvalue weighted by atomic mass is 32.2. The van der Waals surface area contributed by atoms with Gasteiger partial charge in [0.15, 0.2) is 5.75 Å². The maximum Gasteiger partial charge on any atom is 0.416 e. The highest BCUT2D eigenvalue weighted by Gasteiger charge is 2.38. The molecule has 0 amide bonds. The van der Waals surface area contributed by atoms with Gasteiger partial charge in [-0.25, -0.2) is 9.97 Å². The molecule has 1 atom stereocenters. The molecule has 5 nitrogen and oxygen atoms in total. The molecule has 0 bridgehead atoms. The number of piperidine rings is 1. The lowest BCUT2D eigenvalue weighted by Crippen LogP contribution is -2.33. The topological polar surface area (TPSA) is 41.5 Å². The van der Waals surface area contributed by atoms with E-state index in [2.05, 4.69) is 9.97 Å². The first kappa shape index (κ1) is 34.5. The fourth-order valence-electron chi connectivity index (χ4n) is 5.07. The van der Waals surface area contributed by atoms with Crippen LogP contribution in [0.4, 0.5) is 51.1 Å². The molecule has 1 fully saturated rings. The molecule has 0 N–H and O–H groups in total. The van der Waals surface area contributed by atoms with E-state index in [1.807, 2.05) is 11.2 Å². The van der Waals surface area contributed by atoms with Crippen LogP contribution in [0.25, 0.3) is 0 Å². The minimum Gasteiger partial charge on any atom is -0.489 e. The van der Waals surface area contributed by atoms with Crippen molar-refractivity contribution in [2.24, 2.45) is 0 Å². The van der Waals surface area contributed by atoms with Crippen LogP contribution in [0.1, 0.15) is 60.0 Å². The van der Waals surface area contributed by atoms with Gasteiger partial charge in [-0.2, -0.15) is 51.3 Å². The minimum atomic E-state index is -5.09. The summed E-state index contributed by atoms with van der Waals surface area (Å²) in [5, 5.41) is 0. The van der Waals surface area contributed by atoms with E-state index in [0.717, 1.165) is 31.4 Å². The van der Waals surface area contributed by atoms with Crippen molar-refractivity contribution in [3.8, 4) is 5.75 Å². The molecule has 1 unspecified atom stereocenters. The van der Waals surface area contributed by atoms with Crippen molar-refractivity contribution in [3.63, 3.8) is 0 Å². The van der Waals surface area contributed by atoms with Gasteiger partial charge < -0.3 is 14.5 Å². The Balaban J connectivity index is 1.84. The van der Waals surface area contributed by atoms with Gasteiger partial charge in [-0.15, -0.1) is 0 Å². The number of ether oxygens (including phenoxy) is 1. The maximum absolute atomic E-state index is 13.8. The quantitative estimate of drug-likeness (QED) is 0.159. The summed E-state index contributed by atoms with van der Waals surface area (Å²) in [4.78, 5) is 11.7. The molecule has 4 rings (SSSR count). The van der Waals surface area contributed by atoms with Crippen LogP contribution in [0.3, 0.4) is 0 Å². The summed E-state index contributed by atoms with van der Waals surface area (Å²) >= 11 is 1.53. The number of thioether (sulfide) groups is 1. The minimum absolute atomic E-state index is 0.0268. The normalized spacial score (nSPS) is 15.2. The Labute approximate surface area is 258 Å². The lowest BCUT2D eigenvalue weighted by molar-refractivity contribution is -0.143. The summed E-state index contributed by atoms with van der Waals surface area (Å²) in [7, 11) is 0. The van der Waals surface area contributed by atoms with Crippen molar-refractivity contribution in [1.29, 1.82) is 0 Å². The Hall–Kier alpha value is -3.36. The van der Waals surface area contributed by atoms with E-state index in [1.54, 1.807) is 0 Å². The molecule has 1 aromatic heterocycles. The number of rotatable bonds is 10. The third kappa shape index (κ3) is 8.88. The molecule has 45 heavy (non-hydrogen) atoms. The van der Waals surface area contributed by atoms with Crippen molar-refractivity contribution in [1.82, 2.24) is 9.97 Å². The number of anilines is 2. The summed E-state index contributed by atoms with van der Waals surface area (Å²) in [5.41, 5.74) is -3.67. The number of benzene rings is 2. The van der Waals surface area contributed by atoms with Crippen molar-refractivity contribution in [3.05, 3.63) is 76.6 Å². The second-order valence-corrected chi connectivity index (χ2v) is 11.6. The predicted molar refractivity (Wildman–Crippen MR) is 154 cm³/mol. The average molecular weight is 667 g/mol. The van der Waals surface area contributed by atoms with E-state index in [4.69, 9.17) is 4.74 Å². The third-order valence-corrected chi connectivity index (χ3v) is 8.01. The van der Waals surface area contributed by atoms with E-state index in [0.29, 0.717) is 43.3 Å². The number of halogens is 9. The first-order chi connectivity index (χ1) is 21.1. The number of hydrogen-bond donors (Lipinski definition) is 0. The standard InChI is InChI=1S/C30H31F9N4OS/c1-19(20-12-23(29(34,35)36)15-24(13-20)30(37,38)39)43(27-40-16-25(17-41-27)44-10-11-45-2)18-21-14-22(28(31,32)33)6-7-26(21)42-8-4-3-5-9-42/h6-7,12-17,19H,3-5,8-11,18H2,1-2H3. The molecule has 1 aliphatic rings. The van der Waals surface area contributed by atoms with Crippen LogP contribution >= 0.6 is 11.8 Å². The Kier molecular flexibility index (Phi) is 10.7. The molecule has 2 aromatic carbocycles. The zero-order chi connectivity index (χ0) is 33.0. The first-order valence-corrected chi connectivity index (χ1v) is 15.4. The van der Waals surface area contributed by atoms with Crippen LogP contribution < -0.4 is 14.5 Å². The summed E-state index contributed by atoms with van der Waals surface area (Å²) < 4.78 is 129. The van der Waals surface area contributed by atoms with Crippen molar-refractivity contribution >= 4 is 23.4 Å². The van der Waals surface area contributed by atoms with Crippen LogP contribution in [0, 0.1) is 0 Å². The molecule has 1 saturated heterocycles. The fourth-order valence-corrected chi connectivity index (χ4v) is 5.32. The SMILES string of the molecule is CSCCOc1cnc(N(Cc2cc(C(F)(F)F)ccc2N2CCCCC2)C(C)c2cc(C(F)(F)F)cc(C(F)(F)F)c2)nc1. The van der Waals surface area contributed by atoms with Gasteiger partial charge in [0, 0.05) is 31.1 Å². The average Bonchev–Trinajstić information content (AvgIpc) is 2.99. The lowest BCUT2D eigenvalue weighted by Gasteiger charge is -2.35. The van der Waals surface area contributed by atoms with Crippen LogP contribution in [0.15, 0.2) is 48.8 Å². The second-order valence-electron chi connectivity index (χ2n) is 10.6. The van der Waals surface area contributed by atoms with E-state index in [-0.39, 0.29) is 35.4 Å². The molecule has 0 spiro atoms. The van der Waals surface area contributed by atoms with Gasteiger partial charge in [-0.1, -0.05) is 0 Å². The Morgan fingerprint density at radius 2 is 1.40 bits per heavy atom. The van der Waals surface area contributed by atoms with Crippen LogP contribution in [-0.4, -0.2) is 41.7 Å². The van der Waals surface area contributed by atoms with E-state index < -0.39 is 41.3 Å². The van der Waals surface area contributed by atoms with Gasteiger partial charge in [-0.05, 0) is 80.0 Å². The number of hydrogen-bond acceptors (Lipinski definition) is 6. The van der Waals surface area contributed by atoms with Crippen LogP contribution in [0.2, 0.25) is 0 Å². The molecular formula is C30H31F9N4OS. The molecule has 3 aromatic rings. The Morgan fingerprint density at radius 1 is 0.822 bits per heavy atom. The van der Waals surface area contributed by atoms with E-state index >= 15 is 0 Å². The molecular weight excluding hydrogens is 635 g/mol. The molecule has 246 valence electrons. The van der Waals surface area contributed by atoms with Crippen molar-refractivity contribution in [2.45, 2.75) is 57.3 Å². The molecule has 0 saturated carbocycles. The van der Waals surface area contributed by atoms with E-state index in [9.17, 15) is 39.5 Å². The third-order valence-electron chi connectivity index (χ3n) is 7.43. The van der Waals surface area contributed by atoms with Gasteiger partial charge in [0.1, 0.15) is 0 Å². The summed E-state index contributed by atoms with van der Waals surface area (Å²) in [6.07, 6.45) is -7.82. The first-order valence-electron chi connectivity index (χ1n) is 14.0. The van der Waals surface area contributed by atoms with Crippen LogP contribution in [0.5, 0.6) is 5.75 Å². The largest absolute Gasteiger partial charge is 0.489 e. The molecule has 2 heterocycles. The number of alkyl halides is 9. The second kappa shape index (κ2) is 14.0. The smallest absolute Gasteiger partial charge is 0.416 e. The lowest BCUT2D eigenvalue weighted by atomic mass is 9.98. The summed E-state index contributed by atoms with van der Waals surface area (Å²) in [6, 6.07) is 3.26. The van der Waals surface area contributed by atoms with Gasteiger partial charge in [-0.3, -0.25) is 0 Å². The zero-order valence-electron chi connectivity index (χ0n) is 24.4. The number of nitrogens with zero attached hydrogens (tertiary/aromatic N) is 4. The van der Waals surface area contributed by atoms with Gasteiger partial charge in [0.05, 0.1) is 41.7 Å². The molecule has 0 aliphatic carbocycles. The van der Waals surface area contributed by atoms with Crippen molar-refractivity contribution in [2.75, 3.05) is 41.5 Å². The number of aromatic nitrogens is 2. The van der Waals surface area contributed by atoms with Crippen molar-refractivity contribution < 1.29 is 44.3 Å². The summed E-state index contributed by atoms with van der Waals surface area (Å²) in [6.45, 7) is 2.50. The zero-order valence-corrected chi connectivity index (χ0v) is 25.2. The van der Waals surface area contributed by atoms with E-state index in [1.165, 1.54) is 42.0 Å². The van der Waals surface area contributed by atoms with Gasteiger partial charge in [0.25, 0.3) is 0 Å². The van der Waals surface area contributed by atoms with Gasteiger partial charge >= 0.3 is 18.5 Å². The molecule has 0 radical (unpaired) electrons. The monoisotopic (exact) mass is 666 g/mol. The van der Waals surface area contributed by atoms with Gasteiger partial charge in [0.2, 0.25) is 5.95 Å². The highest BCUT2D eigenvalue weighted by molar-refractivity contribution is 7.98. The molecule has 1 aliphatic heterocycles. The maximum atomic E-state index is 13.8. The summed E-state index contributed by atoms with van der Waals surface area (Å²) in [5.74, 6) is 0.816. The Bertz CT molecular complexity index is 1390. The van der Waals surface area contributed by atoms with Crippen LogP contribution in [-0.2, 0) is 25.1 Å². The Morgan fingerprint density at radius 3 is 1.93 bits per heavy atom. The predicted octanol–water partition coefficient (Wildman–Crippen LogP) is 9.03. The molecule has 15 heteroatoms. The highest BCUT2D eigenvalue weighted by Crippen LogP contribution is 2.40. The fraction of sp³-hybridized carbons (Fsp3) is 0.467.